The number of carbonyl (C=O) groups is 1. The third-order valence-electron chi connectivity index (χ3n) is 4.44. The zero-order chi connectivity index (χ0) is 15.9. The summed E-state index contributed by atoms with van der Waals surface area (Å²) in [4.78, 5) is 18.4. The van der Waals surface area contributed by atoms with E-state index < -0.39 is 5.60 Å². The Hall–Kier alpha value is -1.62. The molecule has 1 aliphatic carbocycles. The van der Waals surface area contributed by atoms with Crippen molar-refractivity contribution in [2.75, 3.05) is 11.5 Å². The smallest absolute Gasteiger partial charge is 0.232 e. The second-order valence-electron chi connectivity index (χ2n) is 7.18. The molecule has 0 saturated heterocycles. The van der Waals surface area contributed by atoms with Gasteiger partial charge in [0.05, 0.1) is 24.8 Å². The molecule has 0 spiro atoms. The van der Waals surface area contributed by atoms with Crippen LogP contribution >= 0.6 is 0 Å². The lowest BCUT2D eigenvalue weighted by atomic mass is 9.76. The molecule has 3 rings (SSSR count). The second-order valence-corrected chi connectivity index (χ2v) is 7.18. The molecule has 120 valence electrons. The molecule has 0 bridgehead atoms. The predicted octanol–water partition coefficient (Wildman–Crippen LogP) is 2.31. The van der Waals surface area contributed by atoms with E-state index in [1.807, 2.05) is 13.0 Å². The zero-order valence-electron chi connectivity index (χ0n) is 13.5. The van der Waals surface area contributed by atoms with Crippen molar-refractivity contribution in [3.8, 4) is 5.75 Å². The van der Waals surface area contributed by atoms with Gasteiger partial charge in [-0.05, 0) is 38.2 Å². The van der Waals surface area contributed by atoms with Gasteiger partial charge in [0.2, 0.25) is 5.91 Å². The fraction of sp³-hybridized carbons (Fsp3) is 0.647. The van der Waals surface area contributed by atoms with Gasteiger partial charge in [-0.1, -0.05) is 13.8 Å². The van der Waals surface area contributed by atoms with E-state index in [-0.39, 0.29) is 11.9 Å². The maximum atomic E-state index is 12.3. The van der Waals surface area contributed by atoms with E-state index in [0.717, 1.165) is 23.6 Å². The molecule has 0 unspecified atom stereocenters. The number of aromatic nitrogens is 1. The lowest BCUT2D eigenvalue weighted by Crippen LogP contribution is -2.55. The minimum atomic E-state index is -0.645. The molecule has 22 heavy (non-hydrogen) atoms. The fourth-order valence-corrected chi connectivity index (χ4v) is 3.20. The second kappa shape index (κ2) is 5.54. The zero-order valence-corrected chi connectivity index (χ0v) is 13.5. The van der Waals surface area contributed by atoms with Gasteiger partial charge in [0.1, 0.15) is 11.6 Å². The van der Waals surface area contributed by atoms with Gasteiger partial charge in [-0.25, -0.2) is 4.98 Å². The van der Waals surface area contributed by atoms with Crippen LogP contribution in [0.3, 0.4) is 0 Å². The van der Waals surface area contributed by atoms with Gasteiger partial charge in [-0.15, -0.1) is 0 Å². The van der Waals surface area contributed by atoms with Crippen LogP contribution in [0.1, 0.15) is 45.6 Å². The lowest BCUT2D eigenvalue weighted by Gasteiger charge is -2.45. The normalized spacial score (nSPS) is 27.0. The van der Waals surface area contributed by atoms with Crippen LogP contribution in [0.2, 0.25) is 0 Å². The number of ether oxygens (including phenoxy) is 1. The van der Waals surface area contributed by atoms with Crippen LogP contribution in [-0.2, 0) is 11.2 Å². The predicted molar refractivity (Wildman–Crippen MR) is 84.0 cm³/mol. The summed E-state index contributed by atoms with van der Waals surface area (Å²) in [5.41, 5.74) is 0.284. The van der Waals surface area contributed by atoms with Crippen LogP contribution in [0.15, 0.2) is 12.3 Å². The van der Waals surface area contributed by atoms with E-state index in [2.05, 4.69) is 18.8 Å². The average Bonchev–Trinajstić information content (AvgIpc) is 2.70. The highest BCUT2D eigenvalue weighted by molar-refractivity contribution is 6.01. The molecule has 0 radical (unpaired) electrons. The number of amides is 1. The fourth-order valence-electron chi connectivity index (χ4n) is 3.20. The number of carbonyl (C=O) groups excluding carboxylic acids is 1. The van der Waals surface area contributed by atoms with Gasteiger partial charge < -0.3 is 9.84 Å². The number of fused-ring (bicyclic) bond motifs is 1. The molecule has 0 aromatic carbocycles. The molecule has 1 aliphatic heterocycles. The maximum absolute atomic E-state index is 12.3. The minimum absolute atomic E-state index is 0.0716. The molecule has 1 fully saturated rings. The molecule has 5 nitrogen and oxygen atoms in total. The first-order chi connectivity index (χ1) is 10.4. The Labute approximate surface area is 131 Å². The number of hydrogen-bond acceptors (Lipinski definition) is 4. The van der Waals surface area contributed by atoms with Crippen molar-refractivity contribution < 1.29 is 14.6 Å². The third-order valence-corrected chi connectivity index (χ3v) is 4.44. The molecule has 2 aliphatic rings. The van der Waals surface area contributed by atoms with Crippen LogP contribution in [0, 0.1) is 5.92 Å². The van der Waals surface area contributed by atoms with Crippen LogP contribution in [-0.4, -0.2) is 34.2 Å². The quantitative estimate of drug-likeness (QED) is 0.906. The Morgan fingerprint density at radius 2 is 2.23 bits per heavy atom. The molecule has 1 aromatic heterocycles. The summed E-state index contributed by atoms with van der Waals surface area (Å²) in [6.45, 7) is 6.80. The number of rotatable bonds is 5. The van der Waals surface area contributed by atoms with Gasteiger partial charge >= 0.3 is 0 Å². The molecule has 1 aromatic rings. The van der Waals surface area contributed by atoms with Crippen LogP contribution in [0.4, 0.5) is 5.82 Å². The van der Waals surface area contributed by atoms with Crippen LogP contribution in [0.5, 0.6) is 5.75 Å². The summed E-state index contributed by atoms with van der Waals surface area (Å²) in [6, 6.07) is 2.00. The Morgan fingerprint density at radius 3 is 2.86 bits per heavy atom. The number of nitrogens with zero attached hydrogens (tertiary/aromatic N) is 2. The van der Waals surface area contributed by atoms with E-state index in [1.54, 1.807) is 11.1 Å². The number of aliphatic hydroxyl groups is 1. The summed E-state index contributed by atoms with van der Waals surface area (Å²) < 4.78 is 5.71. The molecule has 5 heteroatoms. The molecular formula is C17H24N2O3. The van der Waals surface area contributed by atoms with Crippen molar-refractivity contribution in [3.05, 3.63) is 17.8 Å². The largest absolute Gasteiger partial charge is 0.492 e. The van der Waals surface area contributed by atoms with Crippen LogP contribution < -0.4 is 9.64 Å². The van der Waals surface area contributed by atoms with Crippen molar-refractivity contribution in [1.82, 2.24) is 4.98 Å². The van der Waals surface area contributed by atoms with Gasteiger partial charge in [-0.3, -0.25) is 9.69 Å². The van der Waals surface area contributed by atoms with Crippen molar-refractivity contribution in [1.29, 1.82) is 0 Å². The molecular weight excluding hydrogens is 280 g/mol. The standard InChI is InChI=1S/C17H24N2O3/c1-11(2)4-5-22-14-6-12-7-15(20)19(16(12)18-10-14)13-8-17(3,21)9-13/h6,10-11,13,21H,4-5,7-9H2,1-3H3. The van der Waals surface area contributed by atoms with Crippen molar-refractivity contribution in [2.45, 2.75) is 58.1 Å². The van der Waals surface area contributed by atoms with Gasteiger partial charge in [-0.2, -0.15) is 0 Å². The molecule has 1 saturated carbocycles. The highest BCUT2D eigenvalue weighted by Crippen LogP contribution is 2.41. The Balaban J connectivity index is 1.69. The van der Waals surface area contributed by atoms with Gasteiger partial charge in [0.25, 0.3) is 0 Å². The first kappa shape index (κ1) is 15.3. The number of hydrogen-bond donors (Lipinski definition) is 1. The van der Waals surface area contributed by atoms with Crippen molar-refractivity contribution in [2.24, 2.45) is 5.92 Å². The average molecular weight is 304 g/mol. The van der Waals surface area contributed by atoms with Gasteiger partial charge in [0, 0.05) is 11.6 Å². The molecule has 1 amide bonds. The van der Waals surface area contributed by atoms with E-state index >= 15 is 0 Å². The summed E-state index contributed by atoms with van der Waals surface area (Å²) >= 11 is 0. The minimum Gasteiger partial charge on any atom is -0.492 e. The Kier molecular flexibility index (Phi) is 3.85. The maximum Gasteiger partial charge on any atom is 0.232 e. The summed E-state index contributed by atoms with van der Waals surface area (Å²) in [7, 11) is 0. The highest BCUT2D eigenvalue weighted by Gasteiger charge is 2.46. The lowest BCUT2D eigenvalue weighted by molar-refractivity contribution is -0.119. The van der Waals surface area contributed by atoms with Crippen molar-refractivity contribution in [3.63, 3.8) is 0 Å². The summed E-state index contributed by atoms with van der Waals surface area (Å²) in [6.07, 6.45) is 4.31. The topological polar surface area (TPSA) is 62.7 Å². The monoisotopic (exact) mass is 304 g/mol. The Bertz CT molecular complexity index is 575. The van der Waals surface area contributed by atoms with Crippen LogP contribution in [0.25, 0.3) is 0 Å². The summed E-state index contributed by atoms with van der Waals surface area (Å²) in [5, 5.41) is 9.89. The van der Waals surface area contributed by atoms with Crippen molar-refractivity contribution >= 4 is 11.7 Å². The van der Waals surface area contributed by atoms with E-state index in [0.29, 0.717) is 31.8 Å². The number of pyridine rings is 1. The Morgan fingerprint density at radius 1 is 1.50 bits per heavy atom. The SMILES string of the molecule is CC(C)CCOc1cnc2c(c1)CC(=O)N2C1CC(C)(O)C1. The van der Waals surface area contributed by atoms with E-state index in [4.69, 9.17) is 4.74 Å². The first-order valence-electron chi connectivity index (χ1n) is 8.02. The highest BCUT2D eigenvalue weighted by atomic mass is 16.5. The molecule has 0 atom stereocenters. The third kappa shape index (κ3) is 2.95. The molecule has 2 heterocycles. The van der Waals surface area contributed by atoms with Gasteiger partial charge in [0.15, 0.2) is 0 Å². The first-order valence-corrected chi connectivity index (χ1v) is 8.02. The summed E-state index contributed by atoms with van der Waals surface area (Å²) in [5.74, 6) is 2.14. The van der Waals surface area contributed by atoms with E-state index in [9.17, 15) is 9.90 Å². The molecule has 1 N–H and O–H groups in total. The number of anilines is 1. The van der Waals surface area contributed by atoms with E-state index in [1.165, 1.54) is 0 Å².